The molecule has 1 atom stereocenters. The Hall–Kier alpha value is -2.46. The van der Waals surface area contributed by atoms with Gasteiger partial charge in [-0.2, -0.15) is 0 Å². The van der Waals surface area contributed by atoms with Gasteiger partial charge in [-0.1, -0.05) is 0 Å². The Morgan fingerprint density at radius 3 is 2.55 bits per heavy atom. The van der Waals surface area contributed by atoms with Crippen LogP contribution in [0.4, 0.5) is 11.5 Å². The van der Waals surface area contributed by atoms with Gasteiger partial charge in [-0.05, 0) is 34.2 Å². The first-order valence-corrected chi connectivity index (χ1v) is 7.85. The van der Waals surface area contributed by atoms with Crippen LogP contribution in [0, 0.1) is 10.1 Å². The number of aromatic nitrogens is 2. The maximum atomic E-state index is 12.1. The molecule has 3 N–H and O–H groups in total. The summed E-state index contributed by atoms with van der Waals surface area (Å²) in [5.41, 5.74) is 5.93. The zero-order chi connectivity index (χ0) is 16.3. The van der Waals surface area contributed by atoms with Crippen molar-refractivity contribution in [2.45, 2.75) is 17.5 Å². The standard InChI is InChI=1S/C12H14N4O5S/c13-9-1-3-11(4-2-9)22(20,21)7-10(17)5-15-6-12(14-8-15)16(18)19/h1-4,6,8,10,17H,5,7,13H2. The lowest BCUT2D eigenvalue weighted by molar-refractivity contribution is -0.389. The van der Waals surface area contributed by atoms with E-state index in [-0.39, 0.29) is 17.3 Å². The normalized spacial score (nSPS) is 13.0. The number of benzene rings is 1. The first-order chi connectivity index (χ1) is 10.3. The van der Waals surface area contributed by atoms with E-state index in [1.54, 1.807) is 0 Å². The number of hydrogen-bond donors (Lipinski definition) is 2. The van der Waals surface area contributed by atoms with Gasteiger partial charge in [0.25, 0.3) is 0 Å². The van der Waals surface area contributed by atoms with E-state index in [0.717, 1.165) is 12.5 Å². The van der Waals surface area contributed by atoms with E-state index in [1.165, 1.54) is 28.8 Å². The van der Waals surface area contributed by atoms with Gasteiger partial charge >= 0.3 is 5.82 Å². The van der Waals surface area contributed by atoms with Crippen molar-refractivity contribution in [1.29, 1.82) is 0 Å². The molecule has 0 aliphatic rings. The lowest BCUT2D eigenvalue weighted by Gasteiger charge is -2.11. The van der Waals surface area contributed by atoms with Crippen molar-refractivity contribution in [2.24, 2.45) is 0 Å². The van der Waals surface area contributed by atoms with Gasteiger partial charge in [0, 0.05) is 5.69 Å². The van der Waals surface area contributed by atoms with Crippen LogP contribution in [-0.4, -0.2) is 39.9 Å². The third-order valence-corrected chi connectivity index (χ3v) is 4.69. The van der Waals surface area contributed by atoms with Crippen LogP contribution in [0.15, 0.2) is 41.7 Å². The lowest BCUT2D eigenvalue weighted by atomic mass is 10.3. The molecule has 0 saturated heterocycles. The molecule has 2 rings (SSSR count). The Bertz CT molecular complexity index is 769. The van der Waals surface area contributed by atoms with E-state index >= 15 is 0 Å². The van der Waals surface area contributed by atoms with Crippen LogP contribution in [0.25, 0.3) is 0 Å². The Balaban J connectivity index is 2.05. The Labute approximate surface area is 126 Å². The lowest BCUT2D eigenvalue weighted by Crippen LogP contribution is -2.25. The highest BCUT2D eigenvalue weighted by molar-refractivity contribution is 7.91. The summed E-state index contributed by atoms with van der Waals surface area (Å²) < 4.78 is 25.5. The van der Waals surface area contributed by atoms with Crippen molar-refractivity contribution in [3.63, 3.8) is 0 Å². The summed E-state index contributed by atoms with van der Waals surface area (Å²) >= 11 is 0. The molecule has 9 nitrogen and oxygen atoms in total. The van der Waals surface area contributed by atoms with Crippen LogP contribution in [0.2, 0.25) is 0 Å². The average Bonchev–Trinajstić information content (AvgIpc) is 2.87. The van der Waals surface area contributed by atoms with E-state index in [4.69, 9.17) is 5.73 Å². The number of nitro groups is 1. The van der Waals surface area contributed by atoms with Crippen molar-refractivity contribution in [3.8, 4) is 0 Å². The second-order valence-corrected chi connectivity index (χ2v) is 6.72. The molecule has 10 heteroatoms. The Morgan fingerprint density at radius 1 is 1.36 bits per heavy atom. The van der Waals surface area contributed by atoms with Gasteiger partial charge in [-0.3, -0.25) is 0 Å². The predicted octanol–water partition coefficient (Wildman–Crippen LogP) is 0.208. The van der Waals surface area contributed by atoms with Crippen LogP contribution in [0.5, 0.6) is 0 Å². The summed E-state index contributed by atoms with van der Waals surface area (Å²) in [4.78, 5) is 13.4. The molecule has 0 fully saturated rings. The van der Waals surface area contributed by atoms with Crippen LogP contribution in [0.3, 0.4) is 0 Å². The van der Waals surface area contributed by atoms with E-state index in [0.29, 0.717) is 5.69 Å². The zero-order valence-corrected chi connectivity index (χ0v) is 12.2. The van der Waals surface area contributed by atoms with Crippen LogP contribution >= 0.6 is 0 Å². The van der Waals surface area contributed by atoms with E-state index in [9.17, 15) is 23.6 Å². The van der Waals surface area contributed by atoms with Crippen molar-refractivity contribution in [3.05, 3.63) is 46.9 Å². The van der Waals surface area contributed by atoms with Crippen molar-refractivity contribution >= 4 is 21.3 Å². The molecule has 22 heavy (non-hydrogen) atoms. The summed E-state index contributed by atoms with van der Waals surface area (Å²) in [6, 6.07) is 5.63. The molecule has 0 radical (unpaired) electrons. The molecule has 1 heterocycles. The SMILES string of the molecule is Nc1ccc(S(=O)(=O)CC(O)Cn2cnc([N+](=O)[O-])c2)cc1. The topological polar surface area (TPSA) is 141 Å². The Kier molecular flexibility index (Phi) is 4.43. The minimum atomic E-state index is -3.68. The highest BCUT2D eigenvalue weighted by Crippen LogP contribution is 2.15. The highest BCUT2D eigenvalue weighted by Gasteiger charge is 2.21. The third kappa shape index (κ3) is 3.80. The maximum absolute atomic E-state index is 12.1. The number of aliphatic hydroxyl groups excluding tert-OH is 1. The molecular formula is C12H14N4O5S. The maximum Gasteiger partial charge on any atom is 0.381 e. The number of imidazole rings is 1. The van der Waals surface area contributed by atoms with Gasteiger partial charge < -0.3 is 25.5 Å². The monoisotopic (exact) mass is 326 g/mol. The van der Waals surface area contributed by atoms with Crippen molar-refractivity contribution < 1.29 is 18.4 Å². The molecule has 118 valence electrons. The number of hydrogen-bond acceptors (Lipinski definition) is 7. The van der Waals surface area contributed by atoms with Gasteiger partial charge in [0.05, 0.1) is 23.3 Å². The van der Waals surface area contributed by atoms with Crippen LogP contribution < -0.4 is 5.73 Å². The van der Waals surface area contributed by atoms with E-state index < -0.39 is 26.6 Å². The first-order valence-electron chi connectivity index (χ1n) is 6.20. The molecule has 0 spiro atoms. The van der Waals surface area contributed by atoms with Crippen LogP contribution in [-0.2, 0) is 16.4 Å². The van der Waals surface area contributed by atoms with Gasteiger partial charge in [0.15, 0.2) is 9.84 Å². The summed E-state index contributed by atoms with van der Waals surface area (Å²) in [6.07, 6.45) is 1.06. The van der Waals surface area contributed by atoms with Gasteiger partial charge in [-0.25, -0.2) is 8.42 Å². The van der Waals surface area contributed by atoms with E-state index in [2.05, 4.69) is 4.98 Å². The predicted molar refractivity (Wildman–Crippen MR) is 77.8 cm³/mol. The Morgan fingerprint density at radius 2 is 2.00 bits per heavy atom. The summed E-state index contributed by atoms with van der Waals surface area (Å²) in [5, 5.41) is 20.4. The average molecular weight is 326 g/mol. The number of nitrogens with two attached hydrogens (primary N) is 1. The smallest absolute Gasteiger partial charge is 0.381 e. The van der Waals surface area contributed by atoms with Crippen molar-refractivity contribution in [1.82, 2.24) is 9.55 Å². The second-order valence-electron chi connectivity index (χ2n) is 4.69. The number of aliphatic hydroxyl groups is 1. The molecule has 1 unspecified atom stereocenters. The fraction of sp³-hybridized carbons (Fsp3) is 0.250. The molecule has 0 bridgehead atoms. The summed E-state index contributed by atoms with van der Waals surface area (Å²) in [6.45, 7) is -0.116. The molecule has 1 aromatic carbocycles. The largest absolute Gasteiger partial charge is 0.399 e. The summed E-state index contributed by atoms with van der Waals surface area (Å²) in [7, 11) is -3.68. The quantitative estimate of drug-likeness (QED) is 0.439. The highest BCUT2D eigenvalue weighted by atomic mass is 32.2. The third-order valence-electron chi connectivity index (χ3n) is 2.88. The number of anilines is 1. The molecule has 2 aromatic rings. The van der Waals surface area contributed by atoms with Crippen molar-refractivity contribution in [2.75, 3.05) is 11.5 Å². The number of nitrogen functional groups attached to an aromatic ring is 1. The molecular weight excluding hydrogens is 312 g/mol. The van der Waals surface area contributed by atoms with E-state index in [1.807, 2.05) is 0 Å². The zero-order valence-electron chi connectivity index (χ0n) is 11.4. The fourth-order valence-electron chi connectivity index (χ4n) is 1.86. The number of rotatable bonds is 6. The molecule has 1 aromatic heterocycles. The first kappa shape index (κ1) is 15.9. The number of nitrogens with zero attached hydrogens (tertiary/aromatic N) is 3. The van der Waals surface area contributed by atoms with Gasteiger partial charge in [-0.15, -0.1) is 0 Å². The minimum Gasteiger partial charge on any atom is -0.399 e. The fourth-order valence-corrected chi connectivity index (χ4v) is 3.22. The molecule has 0 saturated carbocycles. The summed E-state index contributed by atoms with van der Waals surface area (Å²) in [5.74, 6) is -0.878. The van der Waals surface area contributed by atoms with Gasteiger partial charge in [0.1, 0.15) is 6.20 Å². The second kappa shape index (κ2) is 6.12. The van der Waals surface area contributed by atoms with Gasteiger partial charge in [0.2, 0.25) is 6.33 Å². The number of sulfone groups is 1. The van der Waals surface area contributed by atoms with Crippen LogP contribution in [0.1, 0.15) is 0 Å². The molecule has 0 amide bonds. The minimum absolute atomic E-state index is 0.0531. The molecule has 0 aliphatic carbocycles. The molecule has 0 aliphatic heterocycles.